The number of aromatic nitrogens is 3. The van der Waals surface area contributed by atoms with Crippen LogP contribution in [0.1, 0.15) is 30.4 Å². The molecule has 3 heterocycles. The third-order valence-corrected chi connectivity index (χ3v) is 6.44. The molecule has 176 valence electrons. The van der Waals surface area contributed by atoms with Crippen LogP contribution in [0.3, 0.4) is 0 Å². The molecule has 2 atom stereocenters. The summed E-state index contributed by atoms with van der Waals surface area (Å²) in [5.74, 6) is -0.194. The van der Waals surface area contributed by atoms with E-state index in [4.69, 9.17) is 4.98 Å². The number of nitrogens with zero attached hydrogens (tertiary/aromatic N) is 4. The van der Waals surface area contributed by atoms with Crippen molar-refractivity contribution < 1.29 is 9.90 Å². The number of carbonyl (C=O) groups is 1. The van der Waals surface area contributed by atoms with E-state index in [1.54, 1.807) is 6.20 Å². The van der Waals surface area contributed by atoms with E-state index in [0.717, 1.165) is 47.7 Å². The second kappa shape index (κ2) is 9.93. The summed E-state index contributed by atoms with van der Waals surface area (Å²) in [5.41, 5.74) is 5.15. The van der Waals surface area contributed by atoms with E-state index in [2.05, 4.69) is 38.4 Å². The van der Waals surface area contributed by atoms with Gasteiger partial charge in [-0.25, -0.2) is 9.78 Å². The molecule has 5 rings (SSSR count). The maximum absolute atomic E-state index is 12.1. The summed E-state index contributed by atoms with van der Waals surface area (Å²) in [6.45, 7) is 2.70. The first-order valence-corrected chi connectivity index (χ1v) is 11.8. The van der Waals surface area contributed by atoms with E-state index in [-0.39, 0.29) is 5.92 Å². The number of nitrogens with one attached hydrogen (secondary N) is 1. The Morgan fingerprint density at radius 2 is 1.77 bits per heavy atom. The monoisotopic (exact) mass is 465 g/mol. The van der Waals surface area contributed by atoms with Gasteiger partial charge in [-0.3, -0.25) is 4.98 Å². The number of carboxylic acid groups (broad SMARTS) is 1. The minimum atomic E-state index is -0.947. The Hall–Kier alpha value is -4.26. The zero-order valence-corrected chi connectivity index (χ0v) is 19.5. The maximum Gasteiger partial charge on any atom is 0.326 e. The van der Waals surface area contributed by atoms with Gasteiger partial charge in [-0.15, -0.1) is 0 Å². The molecule has 4 aromatic rings. The molecule has 1 aliphatic rings. The summed E-state index contributed by atoms with van der Waals surface area (Å²) < 4.78 is 0. The molecule has 0 saturated carbocycles. The second-order valence-electron chi connectivity index (χ2n) is 8.72. The van der Waals surface area contributed by atoms with Gasteiger partial charge in [-0.1, -0.05) is 67.6 Å². The van der Waals surface area contributed by atoms with Gasteiger partial charge in [0, 0.05) is 36.1 Å². The fourth-order valence-electron chi connectivity index (χ4n) is 4.53. The second-order valence-corrected chi connectivity index (χ2v) is 8.72. The number of aryl methyl sites for hydroxylation is 1. The van der Waals surface area contributed by atoms with Crippen molar-refractivity contribution in [1.29, 1.82) is 0 Å². The van der Waals surface area contributed by atoms with Crippen molar-refractivity contribution in [2.24, 2.45) is 0 Å². The predicted molar refractivity (Wildman–Crippen MR) is 137 cm³/mol. The highest BCUT2D eigenvalue weighted by Gasteiger charge is 2.27. The van der Waals surface area contributed by atoms with Crippen LogP contribution < -0.4 is 10.2 Å². The molecule has 1 aliphatic heterocycles. The number of hydrogen-bond acceptors (Lipinski definition) is 6. The van der Waals surface area contributed by atoms with Crippen LogP contribution in [0.2, 0.25) is 0 Å². The van der Waals surface area contributed by atoms with Gasteiger partial charge < -0.3 is 15.3 Å². The highest BCUT2D eigenvalue weighted by atomic mass is 16.4. The van der Waals surface area contributed by atoms with E-state index < -0.39 is 12.0 Å². The van der Waals surface area contributed by atoms with E-state index in [0.29, 0.717) is 5.95 Å². The molecule has 2 aromatic heterocycles. The first-order chi connectivity index (χ1) is 17.1. The van der Waals surface area contributed by atoms with Crippen LogP contribution in [0.5, 0.6) is 0 Å². The van der Waals surface area contributed by atoms with E-state index in [9.17, 15) is 9.90 Å². The van der Waals surface area contributed by atoms with Crippen LogP contribution in [-0.4, -0.2) is 38.6 Å². The third-order valence-electron chi connectivity index (χ3n) is 6.44. The first-order valence-electron chi connectivity index (χ1n) is 11.8. The SMILES string of the molecule is CC(c1ccccc1)C(Nc1nccc(N2CCCc3cnc(-c4ccccc4)cc32)n1)C(=O)O. The van der Waals surface area contributed by atoms with Crippen molar-refractivity contribution >= 4 is 23.4 Å². The molecule has 0 aliphatic carbocycles. The summed E-state index contributed by atoms with van der Waals surface area (Å²) >= 11 is 0. The Labute approximate surface area is 204 Å². The molecule has 0 saturated heterocycles. The number of anilines is 3. The number of benzene rings is 2. The van der Waals surface area contributed by atoms with Gasteiger partial charge in [0.1, 0.15) is 11.9 Å². The van der Waals surface area contributed by atoms with Gasteiger partial charge in [0.2, 0.25) is 5.95 Å². The zero-order valence-electron chi connectivity index (χ0n) is 19.5. The highest BCUT2D eigenvalue weighted by Crippen LogP contribution is 2.35. The van der Waals surface area contributed by atoms with Gasteiger partial charge in [-0.2, -0.15) is 4.98 Å². The lowest BCUT2D eigenvalue weighted by atomic mass is 9.93. The Kier molecular flexibility index (Phi) is 6.39. The van der Waals surface area contributed by atoms with Crippen LogP contribution in [0.15, 0.2) is 85.2 Å². The van der Waals surface area contributed by atoms with Crippen LogP contribution in [-0.2, 0) is 11.2 Å². The molecule has 0 bridgehead atoms. The summed E-state index contributed by atoms with van der Waals surface area (Å²) in [6, 6.07) is 22.8. The molecular weight excluding hydrogens is 438 g/mol. The van der Waals surface area contributed by atoms with Crippen molar-refractivity contribution in [3.05, 3.63) is 96.3 Å². The minimum absolute atomic E-state index is 0.267. The standard InChI is InChI=1S/C28H27N5O2/c1-19(20-9-4-2-5-10-20)26(27(34)35)32-28-29-15-14-25(31-28)33-16-8-13-22-18-30-23(17-24(22)33)21-11-6-3-7-12-21/h2-7,9-12,14-15,17-19,26H,8,13,16H2,1H3,(H,34,35)(H,29,31,32). The number of fused-ring (bicyclic) bond motifs is 1. The number of carboxylic acids is 1. The van der Waals surface area contributed by atoms with Crippen molar-refractivity contribution in [3.63, 3.8) is 0 Å². The first kappa shape index (κ1) is 22.5. The van der Waals surface area contributed by atoms with Gasteiger partial charge >= 0.3 is 5.97 Å². The fourth-order valence-corrected chi connectivity index (χ4v) is 4.53. The van der Waals surface area contributed by atoms with E-state index >= 15 is 0 Å². The Bertz CT molecular complexity index is 1310. The molecule has 0 fully saturated rings. The quantitative estimate of drug-likeness (QED) is 0.383. The largest absolute Gasteiger partial charge is 0.480 e. The van der Waals surface area contributed by atoms with Crippen molar-refractivity contribution in [1.82, 2.24) is 15.0 Å². The van der Waals surface area contributed by atoms with Crippen LogP contribution in [0, 0.1) is 0 Å². The van der Waals surface area contributed by atoms with Crippen molar-refractivity contribution in [2.45, 2.75) is 31.7 Å². The average Bonchev–Trinajstić information content (AvgIpc) is 2.91. The van der Waals surface area contributed by atoms with Crippen LogP contribution in [0.25, 0.3) is 11.3 Å². The lowest BCUT2D eigenvalue weighted by Gasteiger charge is -2.31. The summed E-state index contributed by atoms with van der Waals surface area (Å²) in [6.07, 6.45) is 5.56. The normalized spacial score (nSPS) is 14.6. The molecule has 0 radical (unpaired) electrons. The maximum atomic E-state index is 12.1. The van der Waals surface area contributed by atoms with E-state index in [1.807, 2.05) is 67.7 Å². The molecule has 2 aromatic carbocycles. The lowest BCUT2D eigenvalue weighted by molar-refractivity contribution is -0.138. The lowest BCUT2D eigenvalue weighted by Crippen LogP contribution is -2.35. The van der Waals surface area contributed by atoms with Crippen LogP contribution in [0.4, 0.5) is 17.5 Å². The molecule has 0 spiro atoms. The summed E-state index contributed by atoms with van der Waals surface area (Å²) in [7, 11) is 0. The number of hydrogen-bond donors (Lipinski definition) is 2. The molecule has 7 nitrogen and oxygen atoms in total. The fraction of sp³-hybridized carbons (Fsp3) is 0.214. The van der Waals surface area contributed by atoms with Gasteiger partial charge in [-0.05, 0) is 36.1 Å². The predicted octanol–water partition coefficient (Wildman–Crippen LogP) is 5.29. The minimum Gasteiger partial charge on any atom is -0.480 e. The van der Waals surface area contributed by atoms with Crippen molar-refractivity contribution in [3.8, 4) is 11.3 Å². The summed E-state index contributed by atoms with van der Waals surface area (Å²) in [4.78, 5) is 28.0. The molecule has 0 amide bonds. The van der Waals surface area contributed by atoms with Crippen LogP contribution >= 0.6 is 0 Å². The third kappa shape index (κ3) is 4.84. The van der Waals surface area contributed by atoms with Gasteiger partial charge in [0.15, 0.2) is 0 Å². The molecule has 35 heavy (non-hydrogen) atoms. The number of aliphatic carboxylic acids is 1. The molecule has 7 heteroatoms. The summed E-state index contributed by atoms with van der Waals surface area (Å²) in [5, 5.41) is 13.0. The average molecular weight is 466 g/mol. The topological polar surface area (TPSA) is 91.2 Å². The smallest absolute Gasteiger partial charge is 0.326 e. The molecular formula is C28H27N5O2. The Morgan fingerprint density at radius 1 is 1.03 bits per heavy atom. The van der Waals surface area contributed by atoms with E-state index in [1.165, 1.54) is 5.56 Å². The highest BCUT2D eigenvalue weighted by molar-refractivity contribution is 5.78. The molecule has 2 N–H and O–H groups in total. The molecule has 2 unspecified atom stereocenters. The van der Waals surface area contributed by atoms with Crippen molar-refractivity contribution in [2.75, 3.05) is 16.8 Å². The van der Waals surface area contributed by atoms with Gasteiger partial charge in [0.25, 0.3) is 0 Å². The Morgan fingerprint density at radius 3 is 2.51 bits per heavy atom. The zero-order chi connectivity index (χ0) is 24.2. The number of pyridine rings is 1. The Balaban J connectivity index is 1.44. The number of rotatable bonds is 7. The van der Waals surface area contributed by atoms with Gasteiger partial charge in [0.05, 0.1) is 5.69 Å².